The lowest BCUT2D eigenvalue weighted by Gasteiger charge is -2.34. The minimum Gasteiger partial charge on any atom is -0.380 e. The first-order valence-corrected chi connectivity index (χ1v) is 10.1. The fourth-order valence-corrected chi connectivity index (χ4v) is 3.66. The van der Waals surface area contributed by atoms with E-state index in [1.54, 1.807) is 0 Å². The van der Waals surface area contributed by atoms with Crippen LogP contribution >= 0.6 is 22.6 Å². The summed E-state index contributed by atoms with van der Waals surface area (Å²) in [5.41, 5.74) is 3.23. The highest BCUT2D eigenvalue weighted by Crippen LogP contribution is 2.27. The van der Waals surface area contributed by atoms with E-state index in [0.717, 1.165) is 34.0 Å². The molecule has 3 N–H and O–H groups in total. The standard InChI is InChI=1S/C20H23IN2O4/c21-16-7-5-13(6-8-16)11-22-19(26)17(24)18(25)20(27)23-10-9-14-3-1-2-4-15(14)12-23/h3-8,17-18,24-25H,1-2,9-12H2,(H,22,26)/t17-,18-/m1/s1. The number of hydrogen-bond donors (Lipinski definition) is 3. The average Bonchev–Trinajstić information content (AvgIpc) is 2.71. The van der Waals surface area contributed by atoms with Gasteiger partial charge in [0.1, 0.15) is 0 Å². The third-order valence-corrected chi connectivity index (χ3v) is 5.60. The lowest BCUT2D eigenvalue weighted by molar-refractivity contribution is -0.153. The molecule has 1 aliphatic heterocycles. The maximum atomic E-state index is 12.5. The van der Waals surface area contributed by atoms with Crippen LogP contribution in [0.4, 0.5) is 0 Å². The number of aliphatic hydroxyl groups excluding tert-OH is 2. The lowest BCUT2D eigenvalue weighted by atomic mass is 9.91. The molecular weight excluding hydrogens is 459 g/mol. The van der Waals surface area contributed by atoms with Crippen molar-refractivity contribution in [1.29, 1.82) is 0 Å². The van der Waals surface area contributed by atoms with E-state index in [9.17, 15) is 19.8 Å². The number of nitrogens with zero attached hydrogens (tertiary/aromatic N) is 1. The summed E-state index contributed by atoms with van der Waals surface area (Å²) in [6.45, 7) is 1.12. The number of allylic oxidation sites excluding steroid dienone is 2. The van der Waals surface area contributed by atoms with Crippen LogP contribution in [0.15, 0.2) is 47.6 Å². The van der Waals surface area contributed by atoms with Crippen molar-refractivity contribution in [3.05, 3.63) is 56.7 Å². The molecule has 0 unspecified atom stereocenters. The zero-order chi connectivity index (χ0) is 19.4. The topological polar surface area (TPSA) is 89.9 Å². The highest BCUT2D eigenvalue weighted by Gasteiger charge is 2.35. The molecule has 0 aromatic heterocycles. The molecule has 2 atom stereocenters. The maximum absolute atomic E-state index is 12.5. The van der Waals surface area contributed by atoms with Crippen molar-refractivity contribution in [2.45, 2.75) is 38.0 Å². The molecule has 0 spiro atoms. The molecule has 2 aliphatic rings. The van der Waals surface area contributed by atoms with E-state index in [-0.39, 0.29) is 6.54 Å². The van der Waals surface area contributed by atoms with Crippen molar-refractivity contribution in [3.8, 4) is 0 Å². The first-order chi connectivity index (χ1) is 13.0. The zero-order valence-electron chi connectivity index (χ0n) is 14.9. The molecule has 3 rings (SSSR count). The number of piperidine rings is 1. The number of hydrogen-bond acceptors (Lipinski definition) is 4. The Morgan fingerprint density at radius 2 is 1.74 bits per heavy atom. The van der Waals surface area contributed by atoms with Gasteiger partial charge in [0.05, 0.1) is 0 Å². The van der Waals surface area contributed by atoms with Crippen molar-refractivity contribution in [2.75, 3.05) is 13.1 Å². The molecule has 2 amide bonds. The quantitative estimate of drug-likeness (QED) is 0.556. The van der Waals surface area contributed by atoms with Gasteiger partial charge in [-0.2, -0.15) is 0 Å². The predicted molar refractivity (Wildman–Crippen MR) is 110 cm³/mol. The van der Waals surface area contributed by atoms with Gasteiger partial charge in [-0.15, -0.1) is 0 Å². The summed E-state index contributed by atoms with van der Waals surface area (Å²) in [6, 6.07) is 7.56. The van der Waals surface area contributed by atoms with Gasteiger partial charge in [-0.05, 0) is 70.7 Å². The molecule has 1 saturated heterocycles. The predicted octanol–water partition coefficient (Wildman–Crippen LogP) is 1.51. The molecule has 1 heterocycles. The van der Waals surface area contributed by atoms with Crippen LogP contribution in [-0.2, 0) is 16.1 Å². The smallest absolute Gasteiger partial charge is 0.255 e. The van der Waals surface area contributed by atoms with E-state index < -0.39 is 24.0 Å². The third-order valence-electron chi connectivity index (χ3n) is 4.89. The summed E-state index contributed by atoms with van der Waals surface area (Å²) >= 11 is 2.19. The van der Waals surface area contributed by atoms with Gasteiger partial charge in [0, 0.05) is 23.2 Å². The highest BCUT2D eigenvalue weighted by atomic mass is 127. The number of benzene rings is 1. The molecule has 7 heteroatoms. The number of rotatable bonds is 5. The van der Waals surface area contributed by atoms with Gasteiger partial charge in [0.2, 0.25) is 0 Å². The summed E-state index contributed by atoms with van der Waals surface area (Å²) in [5.74, 6) is -1.37. The average molecular weight is 482 g/mol. The minimum absolute atomic E-state index is 0.221. The van der Waals surface area contributed by atoms with Crippen LogP contribution in [0.3, 0.4) is 0 Å². The number of nitrogens with one attached hydrogen (secondary N) is 1. The second-order valence-electron chi connectivity index (χ2n) is 6.78. The highest BCUT2D eigenvalue weighted by molar-refractivity contribution is 14.1. The van der Waals surface area contributed by atoms with Gasteiger partial charge < -0.3 is 20.4 Å². The van der Waals surface area contributed by atoms with Gasteiger partial charge in [-0.1, -0.05) is 24.3 Å². The summed E-state index contributed by atoms with van der Waals surface area (Å²) in [7, 11) is 0. The van der Waals surface area contributed by atoms with E-state index in [1.165, 1.54) is 10.5 Å². The Balaban J connectivity index is 1.54. The molecule has 144 valence electrons. The van der Waals surface area contributed by atoms with Gasteiger partial charge >= 0.3 is 0 Å². The van der Waals surface area contributed by atoms with E-state index >= 15 is 0 Å². The Hall–Kier alpha value is -1.71. The van der Waals surface area contributed by atoms with Gasteiger partial charge in [-0.3, -0.25) is 9.59 Å². The molecule has 1 aliphatic carbocycles. The van der Waals surface area contributed by atoms with E-state index in [0.29, 0.717) is 13.1 Å². The van der Waals surface area contributed by atoms with Crippen LogP contribution in [0.5, 0.6) is 0 Å². The number of carbonyl (C=O) groups is 2. The maximum Gasteiger partial charge on any atom is 0.255 e. The molecule has 1 fully saturated rings. The summed E-state index contributed by atoms with van der Waals surface area (Å²) in [6.07, 6.45) is 3.46. The normalized spacial score (nSPS) is 18.7. The third kappa shape index (κ3) is 4.97. The summed E-state index contributed by atoms with van der Waals surface area (Å²) in [5, 5.41) is 22.9. The van der Waals surface area contributed by atoms with Crippen molar-refractivity contribution < 1.29 is 19.8 Å². The molecule has 1 aromatic carbocycles. The van der Waals surface area contributed by atoms with Gasteiger partial charge in [-0.25, -0.2) is 0 Å². The minimum atomic E-state index is -1.79. The second-order valence-corrected chi connectivity index (χ2v) is 8.03. The fraction of sp³-hybridized carbons (Fsp3) is 0.400. The Bertz CT molecular complexity index is 773. The monoisotopic (exact) mass is 482 g/mol. The van der Waals surface area contributed by atoms with Gasteiger partial charge in [0.25, 0.3) is 11.8 Å². The van der Waals surface area contributed by atoms with E-state index in [1.807, 2.05) is 24.3 Å². The first-order valence-electron chi connectivity index (χ1n) is 9.01. The second kappa shape index (κ2) is 8.99. The van der Waals surface area contributed by atoms with Crippen molar-refractivity contribution >= 4 is 34.4 Å². The SMILES string of the molecule is O=C(NCc1ccc(I)cc1)[C@H](O)[C@@H](O)C(=O)N1CCC2=CCCC=C2C1. The number of fused-ring (bicyclic) bond motifs is 1. The number of aliphatic hydroxyl groups is 2. The number of amides is 2. The van der Waals surface area contributed by atoms with Crippen LogP contribution < -0.4 is 5.32 Å². The number of halogens is 1. The Kier molecular flexibility index (Phi) is 6.67. The molecule has 0 saturated carbocycles. The van der Waals surface area contributed by atoms with E-state index in [4.69, 9.17) is 0 Å². The largest absolute Gasteiger partial charge is 0.380 e. The van der Waals surface area contributed by atoms with Crippen molar-refractivity contribution in [1.82, 2.24) is 10.2 Å². The van der Waals surface area contributed by atoms with Crippen LogP contribution in [-0.4, -0.2) is 52.2 Å². The molecule has 0 bridgehead atoms. The van der Waals surface area contributed by atoms with Crippen molar-refractivity contribution in [2.24, 2.45) is 0 Å². The Labute approximate surface area is 172 Å². The lowest BCUT2D eigenvalue weighted by Crippen LogP contribution is -2.52. The van der Waals surface area contributed by atoms with Crippen LogP contribution in [0.25, 0.3) is 0 Å². The molecular formula is C20H23IN2O4. The fourth-order valence-electron chi connectivity index (χ4n) is 3.30. The number of carbonyl (C=O) groups excluding carboxylic acids is 2. The molecule has 27 heavy (non-hydrogen) atoms. The number of likely N-dealkylation sites (tertiary alicyclic amines) is 1. The molecule has 6 nitrogen and oxygen atoms in total. The summed E-state index contributed by atoms with van der Waals surface area (Å²) < 4.78 is 1.08. The first kappa shape index (κ1) is 20.0. The van der Waals surface area contributed by atoms with E-state index in [2.05, 4.69) is 40.1 Å². The van der Waals surface area contributed by atoms with Gasteiger partial charge in [0.15, 0.2) is 12.2 Å². The summed E-state index contributed by atoms with van der Waals surface area (Å²) in [4.78, 5) is 26.2. The zero-order valence-corrected chi connectivity index (χ0v) is 17.1. The Morgan fingerprint density at radius 1 is 1.07 bits per heavy atom. The van der Waals surface area contributed by atoms with Crippen LogP contribution in [0.2, 0.25) is 0 Å². The molecule has 0 radical (unpaired) electrons. The van der Waals surface area contributed by atoms with Crippen molar-refractivity contribution in [3.63, 3.8) is 0 Å². The van der Waals surface area contributed by atoms with Crippen LogP contribution in [0, 0.1) is 3.57 Å². The molecule has 1 aromatic rings. The Morgan fingerprint density at radius 3 is 2.44 bits per heavy atom. The van der Waals surface area contributed by atoms with Crippen LogP contribution in [0.1, 0.15) is 24.8 Å².